The van der Waals surface area contributed by atoms with Crippen LogP contribution in [0, 0.1) is 11.8 Å². The largest absolute Gasteiger partial charge is 0.389 e. The maximum Gasteiger partial charge on any atom is 0.0718 e. The lowest BCUT2D eigenvalue weighted by molar-refractivity contribution is 0.0422. The molecule has 0 aliphatic carbocycles. The van der Waals surface area contributed by atoms with E-state index in [4.69, 9.17) is 11.6 Å². The van der Waals surface area contributed by atoms with E-state index in [9.17, 15) is 5.11 Å². The van der Waals surface area contributed by atoms with Crippen molar-refractivity contribution in [3.63, 3.8) is 0 Å². The van der Waals surface area contributed by atoms with Gasteiger partial charge in [0.15, 0.2) is 0 Å². The second-order valence-electron chi connectivity index (χ2n) is 4.92. The minimum atomic E-state index is -0.683. The van der Waals surface area contributed by atoms with E-state index in [1.54, 1.807) is 0 Å². The zero-order chi connectivity index (χ0) is 13.6. The topological polar surface area (TPSA) is 23.5 Å². The molecule has 18 heavy (non-hydrogen) atoms. The van der Waals surface area contributed by atoms with Crippen LogP contribution >= 0.6 is 11.6 Å². The highest BCUT2D eigenvalue weighted by Gasteiger charge is 2.15. The SMILES string of the molecule is CCN(CC#Cc1ccc(Cl)cc1)CC(C)(C)O. The Balaban J connectivity index is 2.55. The minimum Gasteiger partial charge on any atom is -0.389 e. The van der Waals surface area contributed by atoms with Gasteiger partial charge in [-0.25, -0.2) is 0 Å². The molecule has 98 valence electrons. The Bertz CT molecular complexity index is 423. The van der Waals surface area contributed by atoms with Gasteiger partial charge >= 0.3 is 0 Å². The van der Waals surface area contributed by atoms with Gasteiger partial charge in [0.2, 0.25) is 0 Å². The van der Waals surface area contributed by atoms with Crippen molar-refractivity contribution in [2.45, 2.75) is 26.4 Å². The van der Waals surface area contributed by atoms with E-state index in [-0.39, 0.29) is 0 Å². The number of likely N-dealkylation sites (N-methyl/N-ethyl adjacent to an activating group) is 1. The third-order valence-electron chi connectivity index (χ3n) is 2.44. The summed E-state index contributed by atoms with van der Waals surface area (Å²) in [6.07, 6.45) is 0. The lowest BCUT2D eigenvalue weighted by atomic mass is 10.1. The molecule has 0 aliphatic rings. The van der Waals surface area contributed by atoms with Crippen LogP contribution in [0.3, 0.4) is 0 Å². The number of aliphatic hydroxyl groups is 1. The van der Waals surface area contributed by atoms with Gasteiger partial charge in [-0.15, -0.1) is 0 Å². The number of nitrogens with zero attached hydrogens (tertiary/aromatic N) is 1. The van der Waals surface area contributed by atoms with Crippen molar-refractivity contribution in [3.05, 3.63) is 34.9 Å². The molecule has 0 saturated carbocycles. The molecule has 0 saturated heterocycles. The van der Waals surface area contributed by atoms with Gasteiger partial charge in [-0.2, -0.15) is 0 Å². The molecule has 0 aromatic heterocycles. The third-order valence-corrected chi connectivity index (χ3v) is 2.69. The Morgan fingerprint density at radius 1 is 1.28 bits per heavy atom. The van der Waals surface area contributed by atoms with Gasteiger partial charge in [0.05, 0.1) is 12.1 Å². The molecular formula is C15H20ClNO. The van der Waals surface area contributed by atoms with Crippen LogP contribution in [-0.2, 0) is 0 Å². The smallest absolute Gasteiger partial charge is 0.0718 e. The Morgan fingerprint density at radius 2 is 1.89 bits per heavy atom. The Labute approximate surface area is 115 Å². The van der Waals surface area contributed by atoms with Gasteiger partial charge in [0, 0.05) is 17.1 Å². The molecule has 1 aromatic carbocycles. The summed E-state index contributed by atoms with van der Waals surface area (Å²) < 4.78 is 0. The van der Waals surface area contributed by atoms with Gasteiger partial charge < -0.3 is 5.11 Å². The average Bonchev–Trinajstić information content (AvgIpc) is 2.29. The Hall–Kier alpha value is -1.01. The highest BCUT2D eigenvalue weighted by molar-refractivity contribution is 6.30. The molecule has 1 rings (SSSR count). The number of halogens is 1. The second kappa shape index (κ2) is 6.80. The van der Waals surface area contributed by atoms with E-state index < -0.39 is 5.60 Å². The number of hydrogen-bond donors (Lipinski definition) is 1. The molecule has 2 nitrogen and oxygen atoms in total. The van der Waals surface area contributed by atoms with Gasteiger partial charge in [-0.3, -0.25) is 4.90 Å². The van der Waals surface area contributed by atoms with E-state index in [1.165, 1.54) is 0 Å². The summed E-state index contributed by atoms with van der Waals surface area (Å²) in [6, 6.07) is 7.48. The van der Waals surface area contributed by atoms with E-state index >= 15 is 0 Å². The minimum absolute atomic E-state index is 0.624. The monoisotopic (exact) mass is 265 g/mol. The maximum absolute atomic E-state index is 9.76. The molecule has 0 unspecified atom stereocenters. The molecule has 0 aliphatic heterocycles. The Morgan fingerprint density at radius 3 is 2.39 bits per heavy atom. The summed E-state index contributed by atoms with van der Waals surface area (Å²) in [6.45, 7) is 7.83. The van der Waals surface area contributed by atoms with Crippen molar-refractivity contribution in [2.24, 2.45) is 0 Å². The van der Waals surface area contributed by atoms with Crippen LogP contribution in [0.1, 0.15) is 26.3 Å². The summed E-state index contributed by atoms with van der Waals surface area (Å²) in [7, 11) is 0. The van der Waals surface area contributed by atoms with Crippen LogP contribution in [0.4, 0.5) is 0 Å². The van der Waals surface area contributed by atoms with Crippen molar-refractivity contribution in [1.82, 2.24) is 4.90 Å². The van der Waals surface area contributed by atoms with Crippen molar-refractivity contribution < 1.29 is 5.11 Å². The molecule has 0 radical (unpaired) electrons. The fourth-order valence-electron chi connectivity index (χ4n) is 1.61. The first kappa shape index (κ1) is 15.0. The average molecular weight is 266 g/mol. The molecule has 0 bridgehead atoms. The lowest BCUT2D eigenvalue weighted by Gasteiger charge is -2.26. The summed E-state index contributed by atoms with van der Waals surface area (Å²) in [4.78, 5) is 2.11. The fraction of sp³-hybridized carbons (Fsp3) is 0.467. The molecule has 0 atom stereocenters. The van der Waals surface area contributed by atoms with Crippen molar-refractivity contribution >= 4 is 11.6 Å². The molecule has 0 amide bonds. The van der Waals surface area contributed by atoms with Crippen LogP contribution in [0.15, 0.2) is 24.3 Å². The molecule has 1 N–H and O–H groups in total. The first-order valence-corrected chi connectivity index (χ1v) is 6.47. The fourth-order valence-corrected chi connectivity index (χ4v) is 1.74. The predicted octanol–water partition coefficient (Wildman–Crippen LogP) is 2.78. The van der Waals surface area contributed by atoms with E-state index in [0.717, 1.165) is 17.1 Å². The summed E-state index contributed by atoms with van der Waals surface area (Å²) in [5, 5.41) is 10.5. The summed E-state index contributed by atoms with van der Waals surface area (Å²) >= 11 is 5.81. The van der Waals surface area contributed by atoms with Crippen LogP contribution in [0.5, 0.6) is 0 Å². The standard InChI is InChI=1S/C15H20ClNO/c1-4-17(12-15(2,3)18)11-5-6-13-7-9-14(16)10-8-13/h7-10,18H,4,11-12H2,1-3H3. The van der Waals surface area contributed by atoms with Gasteiger partial charge in [-0.1, -0.05) is 30.4 Å². The van der Waals surface area contributed by atoms with Crippen molar-refractivity contribution in [3.8, 4) is 11.8 Å². The van der Waals surface area contributed by atoms with Crippen LogP contribution in [0.25, 0.3) is 0 Å². The molecular weight excluding hydrogens is 246 g/mol. The van der Waals surface area contributed by atoms with Crippen LogP contribution in [0.2, 0.25) is 5.02 Å². The van der Waals surface area contributed by atoms with Crippen LogP contribution < -0.4 is 0 Å². The molecule has 3 heteroatoms. The maximum atomic E-state index is 9.76. The predicted molar refractivity (Wildman–Crippen MR) is 76.7 cm³/mol. The van der Waals surface area contributed by atoms with Crippen molar-refractivity contribution in [2.75, 3.05) is 19.6 Å². The highest BCUT2D eigenvalue weighted by atomic mass is 35.5. The molecule has 0 fully saturated rings. The third kappa shape index (κ3) is 6.07. The quantitative estimate of drug-likeness (QED) is 0.847. The Kier molecular flexibility index (Phi) is 5.68. The summed E-state index contributed by atoms with van der Waals surface area (Å²) in [5.41, 5.74) is 0.275. The number of rotatable bonds is 4. The van der Waals surface area contributed by atoms with Crippen LogP contribution in [-0.4, -0.2) is 35.2 Å². The summed E-state index contributed by atoms with van der Waals surface area (Å²) in [5.74, 6) is 6.21. The normalized spacial score (nSPS) is 11.2. The van der Waals surface area contributed by atoms with E-state index in [2.05, 4.69) is 23.7 Å². The zero-order valence-corrected chi connectivity index (χ0v) is 12.0. The first-order valence-electron chi connectivity index (χ1n) is 6.10. The lowest BCUT2D eigenvalue weighted by Crippen LogP contribution is -2.38. The van der Waals surface area contributed by atoms with E-state index in [1.807, 2.05) is 38.1 Å². The molecule has 1 aromatic rings. The highest BCUT2D eigenvalue weighted by Crippen LogP contribution is 2.08. The molecule has 0 heterocycles. The number of benzene rings is 1. The van der Waals surface area contributed by atoms with Gasteiger partial charge in [0.25, 0.3) is 0 Å². The van der Waals surface area contributed by atoms with Gasteiger partial charge in [0.1, 0.15) is 0 Å². The molecule has 0 spiro atoms. The van der Waals surface area contributed by atoms with Crippen molar-refractivity contribution in [1.29, 1.82) is 0 Å². The second-order valence-corrected chi connectivity index (χ2v) is 5.36. The van der Waals surface area contributed by atoms with Gasteiger partial charge in [-0.05, 0) is 44.7 Å². The number of hydrogen-bond acceptors (Lipinski definition) is 2. The first-order chi connectivity index (χ1) is 8.40. The van der Waals surface area contributed by atoms with E-state index in [0.29, 0.717) is 13.1 Å². The zero-order valence-electron chi connectivity index (χ0n) is 11.2.